The van der Waals surface area contributed by atoms with E-state index in [9.17, 15) is 14.4 Å². The topological polar surface area (TPSA) is 78.9 Å². The van der Waals surface area contributed by atoms with Crippen LogP contribution < -0.4 is 0 Å². The molecular weight excluding hydrogens is 685 g/mol. The second kappa shape index (κ2) is 43.5. The smallest absolute Gasteiger partial charge is 0.306 e. The Labute approximate surface area is 342 Å². The summed E-state index contributed by atoms with van der Waals surface area (Å²) in [6.45, 7) is 9.00. The fourth-order valence-electron chi connectivity index (χ4n) is 7.33. The minimum atomic E-state index is -0.759. The first-order chi connectivity index (χ1) is 26.9. The van der Waals surface area contributed by atoms with Crippen LogP contribution in [0, 0.1) is 5.92 Å². The van der Waals surface area contributed by atoms with Crippen LogP contribution in [-0.2, 0) is 28.6 Å². The monoisotopic (exact) mass is 779 g/mol. The Hall–Kier alpha value is -1.59. The number of carbonyl (C=O) groups is 3. The third kappa shape index (κ3) is 43.4. The number of esters is 3. The van der Waals surface area contributed by atoms with Gasteiger partial charge in [0.1, 0.15) is 13.2 Å². The number of carbonyl (C=O) groups excluding carboxylic acids is 3. The van der Waals surface area contributed by atoms with Crippen LogP contribution in [0.2, 0.25) is 0 Å². The van der Waals surface area contributed by atoms with E-state index in [0.717, 1.165) is 63.7 Å². The number of unbranched alkanes of at least 4 members (excludes halogenated alkanes) is 31. The summed E-state index contributed by atoms with van der Waals surface area (Å²) in [4.78, 5) is 37.8. The number of hydrogen-bond donors (Lipinski definition) is 0. The molecule has 0 fully saturated rings. The van der Waals surface area contributed by atoms with E-state index in [2.05, 4.69) is 27.7 Å². The van der Waals surface area contributed by atoms with Gasteiger partial charge >= 0.3 is 17.9 Å². The van der Waals surface area contributed by atoms with Crippen molar-refractivity contribution in [3.05, 3.63) is 0 Å². The second-order valence-electron chi connectivity index (χ2n) is 17.2. The van der Waals surface area contributed by atoms with Crippen LogP contribution in [0.5, 0.6) is 0 Å². The third-order valence-corrected chi connectivity index (χ3v) is 11.0. The molecule has 0 saturated carbocycles. The molecule has 0 bridgehead atoms. The van der Waals surface area contributed by atoms with Gasteiger partial charge in [-0.05, 0) is 25.2 Å². The standard InChI is InChI=1S/C49H94O6/c1-5-7-9-11-13-15-17-21-26-30-34-38-42-49(52)55-46(43-53-47(50)40-36-32-28-24-19-16-14-12-10-8-6-2)44-54-48(51)41-37-33-29-25-22-18-20-23-27-31-35-39-45(3)4/h45-46H,5-44H2,1-4H3/t46-/m0/s1. The van der Waals surface area contributed by atoms with Crippen LogP contribution >= 0.6 is 0 Å². The first-order valence-electron chi connectivity index (χ1n) is 24.4. The molecule has 0 heterocycles. The fourth-order valence-corrected chi connectivity index (χ4v) is 7.33. The number of ether oxygens (including phenoxy) is 3. The molecule has 0 aromatic carbocycles. The lowest BCUT2D eigenvalue weighted by molar-refractivity contribution is -0.167. The van der Waals surface area contributed by atoms with E-state index in [4.69, 9.17) is 14.2 Å². The highest BCUT2D eigenvalue weighted by atomic mass is 16.6. The quantitative estimate of drug-likeness (QED) is 0.0348. The van der Waals surface area contributed by atoms with Crippen molar-refractivity contribution in [3.63, 3.8) is 0 Å². The lowest BCUT2D eigenvalue weighted by Gasteiger charge is -2.18. The van der Waals surface area contributed by atoms with Gasteiger partial charge in [-0.25, -0.2) is 0 Å². The first kappa shape index (κ1) is 53.4. The van der Waals surface area contributed by atoms with Crippen LogP contribution in [0.25, 0.3) is 0 Å². The van der Waals surface area contributed by atoms with Gasteiger partial charge in [-0.3, -0.25) is 14.4 Å². The van der Waals surface area contributed by atoms with Crippen LogP contribution in [0.4, 0.5) is 0 Å². The molecular formula is C49H94O6. The van der Waals surface area contributed by atoms with Crippen molar-refractivity contribution in [1.82, 2.24) is 0 Å². The molecule has 0 amide bonds. The summed E-state index contributed by atoms with van der Waals surface area (Å²) < 4.78 is 16.8. The lowest BCUT2D eigenvalue weighted by Crippen LogP contribution is -2.30. The maximum Gasteiger partial charge on any atom is 0.306 e. The Bertz CT molecular complexity index is 826. The van der Waals surface area contributed by atoms with E-state index in [-0.39, 0.29) is 31.1 Å². The highest BCUT2D eigenvalue weighted by molar-refractivity contribution is 5.71. The minimum Gasteiger partial charge on any atom is -0.462 e. The van der Waals surface area contributed by atoms with Gasteiger partial charge in [0.15, 0.2) is 6.10 Å². The summed E-state index contributed by atoms with van der Waals surface area (Å²) in [5.74, 6) is -0.0225. The average Bonchev–Trinajstić information content (AvgIpc) is 3.17. The Morgan fingerprint density at radius 3 is 0.891 bits per heavy atom. The van der Waals surface area contributed by atoms with E-state index >= 15 is 0 Å². The van der Waals surface area contributed by atoms with Gasteiger partial charge in [0, 0.05) is 19.3 Å². The fraction of sp³-hybridized carbons (Fsp3) is 0.939. The Kier molecular flexibility index (Phi) is 42.3. The predicted octanol–water partition coefficient (Wildman–Crippen LogP) is 15.5. The highest BCUT2D eigenvalue weighted by Crippen LogP contribution is 2.16. The molecule has 0 radical (unpaired) electrons. The molecule has 0 aliphatic rings. The van der Waals surface area contributed by atoms with Crippen LogP contribution in [-0.4, -0.2) is 37.2 Å². The highest BCUT2D eigenvalue weighted by Gasteiger charge is 2.19. The van der Waals surface area contributed by atoms with Crippen LogP contribution in [0.15, 0.2) is 0 Å². The van der Waals surface area contributed by atoms with Crippen molar-refractivity contribution >= 4 is 17.9 Å². The minimum absolute atomic E-state index is 0.0632. The molecule has 0 rings (SSSR count). The van der Waals surface area contributed by atoms with E-state index in [0.29, 0.717) is 19.3 Å². The number of rotatable bonds is 44. The van der Waals surface area contributed by atoms with Crippen molar-refractivity contribution in [1.29, 1.82) is 0 Å². The normalized spacial score (nSPS) is 11.9. The van der Waals surface area contributed by atoms with Gasteiger partial charge in [-0.2, -0.15) is 0 Å². The van der Waals surface area contributed by atoms with Crippen molar-refractivity contribution in [2.45, 2.75) is 278 Å². The van der Waals surface area contributed by atoms with Crippen molar-refractivity contribution in [3.8, 4) is 0 Å². The molecule has 326 valence electrons. The van der Waals surface area contributed by atoms with Crippen molar-refractivity contribution in [2.75, 3.05) is 13.2 Å². The van der Waals surface area contributed by atoms with E-state index in [1.807, 2.05) is 0 Å². The first-order valence-corrected chi connectivity index (χ1v) is 24.4. The molecule has 0 aliphatic carbocycles. The molecule has 0 aromatic rings. The molecule has 55 heavy (non-hydrogen) atoms. The zero-order valence-corrected chi connectivity index (χ0v) is 37.4. The molecule has 6 heteroatoms. The summed E-state index contributed by atoms with van der Waals surface area (Å²) in [5.41, 5.74) is 0. The summed E-state index contributed by atoms with van der Waals surface area (Å²) in [5, 5.41) is 0. The third-order valence-electron chi connectivity index (χ3n) is 11.0. The summed E-state index contributed by atoms with van der Waals surface area (Å²) >= 11 is 0. The molecule has 0 spiro atoms. The van der Waals surface area contributed by atoms with E-state index in [1.54, 1.807) is 0 Å². The van der Waals surface area contributed by atoms with Crippen molar-refractivity contribution in [2.24, 2.45) is 5.92 Å². The lowest BCUT2D eigenvalue weighted by atomic mass is 10.0. The molecule has 0 N–H and O–H groups in total. The van der Waals surface area contributed by atoms with Gasteiger partial charge in [-0.15, -0.1) is 0 Å². The zero-order valence-electron chi connectivity index (χ0n) is 37.4. The molecule has 1 atom stereocenters. The van der Waals surface area contributed by atoms with Gasteiger partial charge in [-0.1, -0.05) is 233 Å². The van der Waals surface area contributed by atoms with E-state index < -0.39 is 6.10 Å². The summed E-state index contributed by atoms with van der Waals surface area (Å²) in [7, 11) is 0. The molecule has 0 aromatic heterocycles. The Morgan fingerprint density at radius 2 is 0.600 bits per heavy atom. The van der Waals surface area contributed by atoms with Crippen molar-refractivity contribution < 1.29 is 28.6 Å². The average molecular weight is 779 g/mol. The Balaban J connectivity index is 4.31. The van der Waals surface area contributed by atoms with Gasteiger partial charge in [0.2, 0.25) is 0 Å². The molecule has 0 aliphatic heterocycles. The maximum absolute atomic E-state index is 12.7. The predicted molar refractivity (Wildman–Crippen MR) is 233 cm³/mol. The molecule has 0 saturated heterocycles. The molecule has 6 nitrogen and oxygen atoms in total. The largest absolute Gasteiger partial charge is 0.462 e. The van der Waals surface area contributed by atoms with Gasteiger partial charge in [0.05, 0.1) is 0 Å². The number of hydrogen-bond acceptors (Lipinski definition) is 6. The van der Waals surface area contributed by atoms with Crippen LogP contribution in [0.3, 0.4) is 0 Å². The van der Waals surface area contributed by atoms with Gasteiger partial charge < -0.3 is 14.2 Å². The summed E-state index contributed by atoms with van der Waals surface area (Å²) in [6, 6.07) is 0. The summed E-state index contributed by atoms with van der Waals surface area (Å²) in [6.07, 6.45) is 43.6. The Morgan fingerprint density at radius 1 is 0.345 bits per heavy atom. The van der Waals surface area contributed by atoms with Gasteiger partial charge in [0.25, 0.3) is 0 Å². The van der Waals surface area contributed by atoms with Crippen LogP contribution in [0.1, 0.15) is 272 Å². The zero-order chi connectivity index (χ0) is 40.3. The van der Waals surface area contributed by atoms with E-state index in [1.165, 1.54) is 167 Å². The molecule has 0 unspecified atom stereocenters. The SMILES string of the molecule is CCCCCCCCCCCCCCC(=O)O[C@@H](COC(=O)CCCCCCCCCCCCC)COC(=O)CCCCCCCCCCCCCC(C)C. The maximum atomic E-state index is 12.7. The second-order valence-corrected chi connectivity index (χ2v) is 17.2.